The normalized spacial score (nSPS) is 12.0. The van der Waals surface area contributed by atoms with Crippen LogP contribution < -0.4 is 0 Å². The van der Waals surface area contributed by atoms with Crippen LogP contribution in [0.4, 0.5) is 0 Å². The van der Waals surface area contributed by atoms with Gasteiger partial charge in [0.15, 0.2) is 0 Å². The van der Waals surface area contributed by atoms with Crippen molar-refractivity contribution in [2.45, 2.75) is 0 Å². The van der Waals surface area contributed by atoms with E-state index in [9.17, 15) is 0 Å². The van der Waals surface area contributed by atoms with E-state index in [0.717, 1.165) is 71.7 Å². The van der Waals surface area contributed by atoms with Crippen LogP contribution in [-0.4, -0.2) is 0 Å². The van der Waals surface area contributed by atoms with Crippen molar-refractivity contribution in [2.24, 2.45) is 0 Å². The first kappa shape index (κ1) is 30.5. The molecule has 0 aliphatic heterocycles. The standard InChI is InChI=1S/C52H30O2S/c1-2-14-35-31(12-1)13-7-17-36(35)32-28-33(37-18-8-23-44-49(37)41-15-3-5-22-43(41)53-44)30-34(29-32)38-19-9-24-45-51(38)52-40(20-10-25-46(52)54-45)39-21-11-27-48-50(39)42-16-4-6-26-47(42)55-48/h1-30H. The summed E-state index contributed by atoms with van der Waals surface area (Å²) >= 11 is 1.85. The largest absolute Gasteiger partial charge is 0.456 e. The Bertz CT molecular complexity index is 3500. The highest BCUT2D eigenvalue weighted by Gasteiger charge is 2.21. The summed E-state index contributed by atoms with van der Waals surface area (Å²) in [6, 6.07) is 65.5. The zero-order chi connectivity index (χ0) is 36.0. The molecule has 0 bridgehead atoms. The van der Waals surface area contributed by atoms with Crippen LogP contribution in [0.25, 0.3) is 119 Å². The molecule has 3 heteroatoms. The van der Waals surface area contributed by atoms with Gasteiger partial charge in [-0.2, -0.15) is 0 Å². The second-order valence-electron chi connectivity index (χ2n) is 14.3. The number of hydrogen-bond donors (Lipinski definition) is 0. The summed E-state index contributed by atoms with van der Waals surface area (Å²) < 4.78 is 15.7. The van der Waals surface area contributed by atoms with Crippen LogP contribution in [-0.2, 0) is 0 Å². The Balaban J connectivity index is 1.18. The third-order valence-corrected chi connectivity index (χ3v) is 12.4. The molecular formula is C52H30O2S. The van der Waals surface area contributed by atoms with Gasteiger partial charge in [0, 0.05) is 41.7 Å². The van der Waals surface area contributed by atoms with E-state index in [-0.39, 0.29) is 0 Å². The van der Waals surface area contributed by atoms with Crippen LogP contribution in [0.3, 0.4) is 0 Å². The van der Waals surface area contributed by atoms with E-state index < -0.39 is 0 Å². The smallest absolute Gasteiger partial charge is 0.136 e. The number of para-hydroxylation sites is 1. The van der Waals surface area contributed by atoms with Crippen LogP contribution in [0.1, 0.15) is 0 Å². The molecule has 12 rings (SSSR count). The molecule has 3 heterocycles. The number of thiophene rings is 1. The summed E-state index contributed by atoms with van der Waals surface area (Å²) in [5.74, 6) is 0. The number of benzene rings is 9. The van der Waals surface area contributed by atoms with Gasteiger partial charge in [-0.1, -0.05) is 127 Å². The fraction of sp³-hybridized carbons (Fsp3) is 0. The summed E-state index contributed by atoms with van der Waals surface area (Å²) in [6.45, 7) is 0. The Labute approximate surface area is 320 Å². The molecule has 0 saturated carbocycles. The fourth-order valence-electron chi connectivity index (χ4n) is 8.92. The van der Waals surface area contributed by atoms with Gasteiger partial charge in [0.25, 0.3) is 0 Å². The lowest BCUT2D eigenvalue weighted by Gasteiger charge is -2.15. The van der Waals surface area contributed by atoms with Gasteiger partial charge >= 0.3 is 0 Å². The van der Waals surface area contributed by atoms with E-state index >= 15 is 0 Å². The summed E-state index contributed by atoms with van der Waals surface area (Å²) in [5, 5.41) is 9.54. The van der Waals surface area contributed by atoms with Crippen molar-refractivity contribution in [3.63, 3.8) is 0 Å². The second kappa shape index (κ2) is 11.8. The highest BCUT2D eigenvalue weighted by Crippen LogP contribution is 2.47. The number of fused-ring (bicyclic) bond motifs is 10. The van der Waals surface area contributed by atoms with E-state index in [0.29, 0.717) is 0 Å². The Hall–Kier alpha value is -6.94. The molecule has 3 aromatic heterocycles. The maximum atomic E-state index is 6.73. The summed E-state index contributed by atoms with van der Waals surface area (Å²) in [7, 11) is 0. The van der Waals surface area contributed by atoms with Gasteiger partial charge < -0.3 is 8.83 Å². The Morgan fingerprint density at radius 1 is 0.291 bits per heavy atom. The molecule has 9 aromatic carbocycles. The van der Waals surface area contributed by atoms with Gasteiger partial charge in [0.2, 0.25) is 0 Å². The predicted octanol–water partition coefficient (Wildman–Crippen LogP) is 15.7. The quantitative estimate of drug-likeness (QED) is 0.181. The first-order valence-corrected chi connectivity index (χ1v) is 19.5. The third kappa shape index (κ3) is 4.60. The van der Waals surface area contributed by atoms with Crippen molar-refractivity contribution in [3.05, 3.63) is 182 Å². The average Bonchev–Trinajstić information content (AvgIpc) is 3.94. The van der Waals surface area contributed by atoms with Crippen LogP contribution in [0.2, 0.25) is 0 Å². The lowest BCUT2D eigenvalue weighted by molar-refractivity contribution is 0.668. The van der Waals surface area contributed by atoms with Crippen molar-refractivity contribution < 1.29 is 8.83 Å². The van der Waals surface area contributed by atoms with E-state index in [1.807, 2.05) is 17.4 Å². The Kier molecular flexibility index (Phi) is 6.54. The van der Waals surface area contributed by atoms with Crippen molar-refractivity contribution in [3.8, 4) is 44.5 Å². The lowest BCUT2D eigenvalue weighted by Crippen LogP contribution is -1.89. The molecule has 0 N–H and O–H groups in total. The van der Waals surface area contributed by atoms with Gasteiger partial charge in [0.05, 0.1) is 0 Å². The molecule has 0 aliphatic rings. The van der Waals surface area contributed by atoms with Crippen molar-refractivity contribution in [1.29, 1.82) is 0 Å². The van der Waals surface area contributed by atoms with Crippen molar-refractivity contribution in [2.75, 3.05) is 0 Å². The minimum absolute atomic E-state index is 0.877. The predicted molar refractivity (Wildman–Crippen MR) is 233 cm³/mol. The third-order valence-electron chi connectivity index (χ3n) is 11.3. The molecule has 0 unspecified atom stereocenters. The zero-order valence-corrected chi connectivity index (χ0v) is 30.4. The van der Waals surface area contributed by atoms with E-state index in [2.05, 4.69) is 176 Å². The topological polar surface area (TPSA) is 26.3 Å². The molecule has 0 aliphatic carbocycles. The molecule has 0 radical (unpaired) electrons. The maximum Gasteiger partial charge on any atom is 0.136 e. The number of furan rings is 2. The molecule has 55 heavy (non-hydrogen) atoms. The van der Waals surface area contributed by atoms with E-state index in [4.69, 9.17) is 8.83 Å². The monoisotopic (exact) mass is 718 g/mol. The molecule has 12 aromatic rings. The van der Waals surface area contributed by atoms with Crippen molar-refractivity contribution in [1.82, 2.24) is 0 Å². The van der Waals surface area contributed by atoms with Gasteiger partial charge in [0.1, 0.15) is 22.3 Å². The molecule has 256 valence electrons. The van der Waals surface area contributed by atoms with Gasteiger partial charge in [-0.25, -0.2) is 0 Å². The molecule has 0 fully saturated rings. The first-order valence-electron chi connectivity index (χ1n) is 18.7. The summed E-state index contributed by atoms with van der Waals surface area (Å²) in [5.41, 5.74) is 12.9. The molecule has 0 saturated heterocycles. The van der Waals surface area contributed by atoms with Crippen molar-refractivity contribution >= 4 is 86.2 Å². The highest BCUT2D eigenvalue weighted by molar-refractivity contribution is 7.25. The molecule has 2 nitrogen and oxygen atoms in total. The molecule has 0 atom stereocenters. The van der Waals surface area contributed by atoms with E-state index in [1.54, 1.807) is 0 Å². The van der Waals surface area contributed by atoms with Crippen LogP contribution >= 0.6 is 11.3 Å². The molecule has 0 amide bonds. The van der Waals surface area contributed by atoms with Crippen LogP contribution in [0, 0.1) is 0 Å². The lowest BCUT2D eigenvalue weighted by atomic mass is 9.88. The van der Waals surface area contributed by atoms with E-state index in [1.165, 1.54) is 47.6 Å². The minimum Gasteiger partial charge on any atom is -0.456 e. The first-order chi connectivity index (χ1) is 27.3. The molecule has 0 spiro atoms. The Morgan fingerprint density at radius 2 is 0.745 bits per heavy atom. The molecular weight excluding hydrogens is 689 g/mol. The van der Waals surface area contributed by atoms with Gasteiger partial charge in [-0.05, 0) is 110 Å². The van der Waals surface area contributed by atoms with Crippen LogP contribution in [0.5, 0.6) is 0 Å². The minimum atomic E-state index is 0.877. The van der Waals surface area contributed by atoms with Gasteiger partial charge in [-0.3, -0.25) is 0 Å². The number of hydrogen-bond acceptors (Lipinski definition) is 3. The van der Waals surface area contributed by atoms with Crippen LogP contribution in [0.15, 0.2) is 191 Å². The summed E-state index contributed by atoms with van der Waals surface area (Å²) in [6.07, 6.45) is 0. The highest BCUT2D eigenvalue weighted by atomic mass is 32.1. The second-order valence-corrected chi connectivity index (χ2v) is 15.4. The maximum absolute atomic E-state index is 6.73. The Morgan fingerprint density at radius 3 is 1.53 bits per heavy atom. The fourth-order valence-corrected chi connectivity index (χ4v) is 10.0. The summed E-state index contributed by atoms with van der Waals surface area (Å²) in [4.78, 5) is 0. The van der Waals surface area contributed by atoms with Gasteiger partial charge in [-0.15, -0.1) is 11.3 Å². The average molecular weight is 719 g/mol. The number of rotatable bonds is 4. The zero-order valence-electron chi connectivity index (χ0n) is 29.5. The SMILES string of the molecule is c1ccc2c(-c3cc(-c4cccc5oc6ccccc6c45)cc(-c4cccc5oc6cccc(-c7cccc8sc9ccccc9c78)c6c45)c3)cccc2c1.